The molecule has 0 saturated heterocycles. The van der Waals surface area contributed by atoms with Crippen LogP contribution in [0, 0.1) is 11.8 Å². The minimum absolute atomic E-state index is 0.244. The van der Waals surface area contributed by atoms with Gasteiger partial charge in [-0.2, -0.15) is 0 Å². The van der Waals surface area contributed by atoms with E-state index >= 15 is 0 Å². The van der Waals surface area contributed by atoms with Gasteiger partial charge in [0.15, 0.2) is 0 Å². The van der Waals surface area contributed by atoms with E-state index in [-0.39, 0.29) is 11.5 Å². The van der Waals surface area contributed by atoms with E-state index in [0.717, 1.165) is 36.5 Å². The third-order valence-corrected chi connectivity index (χ3v) is 5.04. The molecule has 0 aliphatic heterocycles. The van der Waals surface area contributed by atoms with Crippen molar-refractivity contribution < 1.29 is 45.2 Å². The summed E-state index contributed by atoms with van der Waals surface area (Å²) in [6, 6.07) is 10.1. The van der Waals surface area contributed by atoms with Crippen LogP contribution in [-0.2, 0) is 35.0 Å². The van der Waals surface area contributed by atoms with Crippen LogP contribution in [0.4, 0.5) is 0 Å². The van der Waals surface area contributed by atoms with Crippen molar-refractivity contribution in [3.8, 4) is 11.5 Å². The van der Waals surface area contributed by atoms with Crippen molar-refractivity contribution in [2.45, 2.75) is 38.5 Å². The van der Waals surface area contributed by atoms with Crippen molar-refractivity contribution in [2.75, 3.05) is 0 Å². The molecule has 0 heterocycles. The van der Waals surface area contributed by atoms with E-state index in [1.165, 1.54) is 0 Å². The van der Waals surface area contributed by atoms with E-state index in [4.69, 9.17) is 21.6 Å². The van der Waals surface area contributed by atoms with Crippen molar-refractivity contribution in [2.24, 2.45) is 11.8 Å². The maximum absolute atomic E-state index is 11.1. The predicted molar refractivity (Wildman–Crippen MR) is 94.0 cm³/mol. The number of phenolic OH excluding ortho intramolecular Hbond substituents is 2. The molecule has 0 radical (unpaired) electrons. The topological polar surface area (TPSA) is 126 Å². The molecule has 150 valence electrons. The third kappa shape index (κ3) is 6.95. The van der Waals surface area contributed by atoms with Crippen LogP contribution in [0.25, 0.3) is 10.8 Å². The number of carbonyl (C=O) groups excluding carboxylic acids is 2. The second-order valence-electron chi connectivity index (χ2n) is 7.00. The number of aromatic hydroxyl groups is 2. The molecule has 2 atom stereocenters. The number of rotatable bonds is 0. The van der Waals surface area contributed by atoms with E-state index < -0.39 is 14.0 Å². The van der Waals surface area contributed by atoms with Gasteiger partial charge in [-0.05, 0) is 59.7 Å². The number of carbonyl (C=O) groups is 2. The number of fused-ring (bicyclic) bond motifs is 2. The fraction of sp³-hybridized carbons (Fsp3) is 0.400. The summed E-state index contributed by atoms with van der Waals surface area (Å²) in [6.45, 7) is 0. The molecule has 0 amide bonds. The van der Waals surface area contributed by atoms with E-state index in [1.807, 2.05) is 0 Å². The maximum atomic E-state index is 11.1. The van der Waals surface area contributed by atoms with Crippen molar-refractivity contribution in [3.63, 3.8) is 0 Å². The normalized spacial score (nSPS) is 20.9. The summed E-state index contributed by atoms with van der Waals surface area (Å²) >= 11 is -3.79. The summed E-state index contributed by atoms with van der Waals surface area (Å²) in [6.07, 6.45) is 4.86. The van der Waals surface area contributed by atoms with Crippen LogP contribution in [-0.4, -0.2) is 21.8 Å². The van der Waals surface area contributed by atoms with Gasteiger partial charge in [0.05, 0.1) is 0 Å². The molecule has 2 N–H and O–H groups in total. The Morgan fingerprint density at radius 1 is 0.714 bits per heavy atom. The van der Waals surface area contributed by atoms with Gasteiger partial charge in [-0.25, -0.2) is 0 Å². The third-order valence-electron chi connectivity index (χ3n) is 5.04. The standard InChI is InChI=1S/C10H14O2.C10H8O2.Cr.3O/c2*11-9-3-1-7-5-10(12)4-2-8(7)6-9;;;;/h7-8H,1-6H2;1-6,11-12H;;;;. The Morgan fingerprint density at radius 2 is 1.07 bits per heavy atom. The first-order chi connectivity index (χ1) is 13.2. The van der Waals surface area contributed by atoms with Crippen LogP contribution in [0.5, 0.6) is 11.5 Å². The Bertz CT molecular complexity index is 894. The Kier molecular flexibility index (Phi) is 7.97. The van der Waals surface area contributed by atoms with E-state index in [0.29, 0.717) is 36.2 Å². The zero-order valence-electron chi connectivity index (χ0n) is 15.2. The minimum atomic E-state index is -3.79. The molecule has 2 aromatic rings. The van der Waals surface area contributed by atoms with Crippen molar-refractivity contribution in [1.29, 1.82) is 0 Å². The quantitative estimate of drug-likeness (QED) is 0.659. The van der Waals surface area contributed by atoms with Gasteiger partial charge in [-0.3, -0.25) is 9.59 Å². The zero-order valence-corrected chi connectivity index (χ0v) is 16.5. The molecular weight excluding hydrogens is 404 g/mol. The number of phenols is 2. The summed E-state index contributed by atoms with van der Waals surface area (Å²) in [5.41, 5.74) is 0. The number of Topliss-reactive ketones (excluding diaryl/α,β-unsaturated/α-hetero) is 2. The van der Waals surface area contributed by atoms with Gasteiger partial charge in [0.2, 0.25) is 0 Å². The average molecular weight is 426 g/mol. The molecule has 2 saturated carbocycles. The SMILES string of the molecule is O=C1CCC2CC(=O)CCC2C1.Oc1ccc2cc(O)ccc2c1.[O]=[Cr](=[O])=[O]. The van der Waals surface area contributed by atoms with Crippen LogP contribution in [0.15, 0.2) is 36.4 Å². The summed E-state index contributed by atoms with van der Waals surface area (Å²) in [5, 5.41) is 20.1. The molecule has 8 heteroatoms. The van der Waals surface area contributed by atoms with Gasteiger partial charge in [0.1, 0.15) is 23.1 Å². The van der Waals surface area contributed by atoms with Crippen LogP contribution in [0.1, 0.15) is 38.5 Å². The van der Waals surface area contributed by atoms with Gasteiger partial charge in [0, 0.05) is 25.7 Å². The molecule has 2 fully saturated rings. The Balaban J connectivity index is 0.000000169. The molecule has 0 aromatic heterocycles. The van der Waals surface area contributed by atoms with Crippen LogP contribution in [0.2, 0.25) is 0 Å². The van der Waals surface area contributed by atoms with Crippen LogP contribution in [0.3, 0.4) is 0 Å². The first kappa shape index (κ1) is 21.9. The molecule has 7 nitrogen and oxygen atoms in total. The molecular formula is C20H22CrO7. The van der Waals surface area contributed by atoms with Crippen molar-refractivity contribution in [3.05, 3.63) is 36.4 Å². The first-order valence-electron chi connectivity index (χ1n) is 8.96. The van der Waals surface area contributed by atoms with Crippen LogP contribution >= 0.6 is 0 Å². The summed E-state index contributed by atoms with van der Waals surface area (Å²) in [7, 11) is 0. The summed E-state index contributed by atoms with van der Waals surface area (Å²) in [4.78, 5) is 22.2. The Hall–Kier alpha value is -2.43. The Labute approximate surface area is 166 Å². The molecule has 2 aliphatic carbocycles. The van der Waals surface area contributed by atoms with Gasteiger partial charge in [0.25, 0.3) is 0 Å². The zero-order chi connectivity index (χ0) is 20.7. The second kappa shape index (κ2) is 10.2. The van der Waals surface area contributed by atoms with Crippen molar-refractivity contribution >= 4 is 22.3 Å². The van der Waals surface area contributed by atoms with Gasteiger partial charge < -0.3 is 10.2 Å². The van der Waals surface area contributed by atoms with Crippen LogP contribution < -0.4 is 0 Å². The van der Waals surface area contributed by atoms with Crippen molar-refractivity contribution in [1.82, 2.24) is 0 Å². The first-order valence-corrected chi connectivity index (χ1v) is 10.5. The number of hydrogen-bond donors (Lipinski definition) is 2. The average Bonchev–Trinajstić information content (AvgIpc) is 2.62. The molecule has 2 aromatic carbocycles. The fourth-order valence-corrected chi connectivity index (χ4v) is 3.71. The monoisotopic (exact) mass is 426 g/mol. The fourth-order valence-electron chi connectivity index (χ4n) is 3.71. The van der Waals surface area contributed by atoms with E-state index in [9.17, 15) is 9.59 Å². The number of benzene rings is 2. The second-order valence-corrected chi connectivity index (χ2v) is 7.64. The molecule has 2 unspecified atom stereocenters. The molecule has 0 spiro atoms. The number of hydrogen-bond acceptors (Lipinski definition) is 7. The van der Waals surface area contributed by atoms with Gasteiger partial charge in [-0.1, -0.05) is 12.1 Å². The van der Waals surface area contributed by atoms with Gasteiger partial charge >= 0.3 is 25.4 Å². The summed E-state index contributed by atoms with van der Waals surface area (Å²) < 4.78 is 25.6. The van der Waals surface area contributed by atoms with E-state index in [1.54, 1.807) is 36.4 Å². The Morgan fingerprint density at radius 3 is 1.43 bits per heavy atom. The molecule has 0 bridgehead atoms. The summed E-state index contributed by atoms with van der Waals surface area (Å²) in [5.74, 6) is 2.39. The molecule has 2 aliphatic rings. The molecule has 28 heavy (non-hydrogen) atoms. The molecule has 4 rings (SSSR count). The van der Waals surface area contributed by atoms with Gasteiger partial charge in [-0.15, -0.1) is 0 Å². The predicted octanol–water partition coefficient (Wildman–Crippen LogP) is 3.62. The van der Waals surface area contributed by atoms with E-state index in [2.05, 4.69) is 0 Å². The number of ketones is 2.